The fraction of sp³-hybridized carbons (Fsp3) is 0.433. The molecule has 0 spiro atoms. The van der Waals surface area contributed by atoms with Crippen LogP contribution in [0.25, 0.3) is 5.52 Å². The zero-order chi connectivity index (χ0) is 32.6. The van der Waals surface area contributed by atoms with Gasteiger partial charge in [0.05, 0.1) is 28.4 Å². The van der Waals surface area contributed by atoms with Crippen molar-refractivity contribution in [1.29, 1.82) is 0 Å². The molecular weight excluding hydrogens is 609 g/mol. The number of nitrogens with one attached hydrogen (secondary N) is 1. The van der Waals surface area contributed by atoms with Gasteiger partial charge in [0.15, 0.2) is 17.7 Å². The smallest absolute Gasteiger partial charge is 0.340 e. The van der Waals surface area contributed by atoms with Gasteiger partial charge in [0.2, 0.25) is 6.30 Å². The van der Waals surface area contributed by atoms with Crippen LogP contribution in [0.15, 0.2) is 42.2 Å². The summed E-state index contributed by atoms with van der Waals surface area (Å²) in [5.41, 5.74) is 6.58. The van der Waals surface area contributed by atoms with Crippen LogP contribution in [0.5, 0.6) is 11.5 Å². The highest BCUT2D eigenvalue weighted by Crippen LogP contribution is 2.36. The summed E-state index contributed by atoms with van der Waals surface area (Å²) in [6, 6.07) is 4.13. The summed E-state index contributed by atoms with van der Waals surface area (Å²) in [5.74, 6) is -3.24. The van der Waals surface area contributed by atoms with Crippen molar-refractivity contribution in [2.24, 2.45) is 0 Å². The predicted octanol–water partition coefficient (Wildman–Crippen LogP) is 2.76. The molecule has 15 heteroatoms. The molecule has 0 radical (unpaired) electrons. The van der Waals surface area contributed by atoms with E-state index in [9.17, 15) is 14.4 Å². The molecule has 2 aliphatic heterocycles. The zero-order valence-electron chi connectivity index (χ0n) is 25.5. The van der Waals surface area contributed by atoms with Gasteiger partial charge in [0.25, 0.3) is 5.91 Å². The van der Waals surface area contributed by atoms with Crippen LogP contribution in [0.3, 0.4) is 0 Å². The number of esters is 2. The topological polar surface area (TPSA) is 154 Å². The van der Waals surface area contributed by atoms with Crippen LogP contribution in [0.2, 0.25) is 0 Å². The maximum Gasteiger partial charge on any atom is 0.340 e. The largest absolute Gasteiger partial charge is 0.419 e. The highest BCUT2D eigenvalue weighted by Gasteiger charge is 2.36. The van der Waals surface area contributed by atoms with Gasteiger partial charge in [-0.1, -0.05) is 13.0 Å². The molecule has 0 aliphatic carbocycles. The molecule has 2 aliphatic rings. The Bertz CT molecular complexity index is 1660. The number of hydrogen-bond acceptors (Lipinski definition) is 11. The van der Waals surface area contributed by atoms with Crippen molar-refractivity contribution in [1.82, 2.24) is 29.5 Å². The second-order valence-corrected chi connectivity index (χ2v) is 11.7. The SMILES string of the molecule is Cc1nc([C@@H](C)/C2=C\C(=O)Oc3c(cccc3C(=O)NC(F)C(OC(C)C)N3CCN(C)C(Cl)C3)OC2=O)n2ccnc(N)c12. The Labute approximate surface area is 264 Å². The first-order valence-corrected chi connectivity index (χ1v) is 14.9. The minimum absolute atomic E-state index is 0.0370. The molecule has 1 fully saturated rings. The van der Waals surface area contributed by atoms with Crippen LogP contribution in [0, 0.1) is 6.92 Å². The van der Waals surface area contributed by atoms with Gasteiger partial charge in [0, 0.05) is 44.0 Å². The van der Waals surface area contributed by atoms with Gasteiger partial charge >= 0.3 is 11.9 Å². The van der Waals surface area contributed by atoms with Crippen LogP contribution in [0.4, 0.5) is 10.2 Å². The molecule has 3 aromatic rings. The lowest BCUT2D eigenvalue weighted by Crippen LogP contribution is -2.59. The summed E-state index contributed by atoms with van der Waals surface area (Å²) < 4.78 is 34.4. The van der Waals surface area contributed by atoms with E-state index in [1.807, 2.05) is 11.9 Å². The number of hydrogen-bond donors (Lipinski definition) is 2. The molecule has 240 valence electrons. The van der Waals surface area contributed by atoms with Gasteiger partial charge in [0.1, 0.15) is 17.2 Å². The average Bonchev–Trinajstić information content (AvgIpc) is 3.33. The van der Waals surface area contributed by atoms with Crippen molar-refractivity contribution in [3.63, 3.8) is 0 Å². The molecule has 1 aromatic carbocycles. The highest BCUT2D eigenvalue weighted by atomic mass is 35.5. The number of fused-ring (bicyclic) bond motifs is 2. The van der Waals surface area contributed by atoms with Crippen molar-refractivity contribution in [2.75, 3.05) is 32.4 Å². The van der Waals surface area contributed by atoms with E-state index in [0.29, 0.717) is 36.7 Å². The van der Waals surface area contributed by atoms with Gasteiger partial charge in [-0.25, -0.2) is 23.9 Å². The van der Waals surface area contributed by atoms with Crippen molar-refractivity contribution in [3.8, 4) is 11.5 Å². The van der Waals surface area contributed by atoms with Crippen molar-refractivity contribution >= 4 is 40.8 Å². The molecule has 0 bridgehead atoms. The third-order valence-electron chi connectivity index (χ3n) is 7.67. The van der Waals surface area contributed by atoms with E-state index >= 15 is 4.39 Å². The number of para-hydroxylation sites is 1. The van der Waals surface area contributed by atoms with Crippen LogP contribution in [-0.2, 0) is 14.3 Å². The predicted molar refractivity (Wildman–Crippen MR) is 163 cm³/mol. The number of nitrogen functional groups attached to an aromatic ring is 1. The van der Waals surface area contributed by atoms with Crippen molar-refractivity contribution < 1.29 is 33.0 Å². The third-order valence-corrected chi connectivity index (χ3v) is 8.14. The molecule has 3 unspecified atom stereocenters. The normalized spacial score (nSPS) is 21.2. The number of ether oxygens (including phenoxy) is 3. The number of aryl methyl sites for hydroxylation is 1. The number of carbonyl (C=O) groups excluding carboxylic acids is 3. The number of amides is 1. The van der Waals surface area contributed by atoms with Gasteiger partial charge < -0.3 is 25.3 Å². The number of nitrogens with zero attached hydrogens (tertiary/aromatic N) is 5. The number of halogens is 2. The number of piperazine rings is 1. The Balaban J connectivity index is 1.39. The van der Waals surface area contributed by atoms with Crippen molar-refractivity contribution in [2.45, 2.75) is 57.7 Å². The molecule has 13 nitrogen and oxygen atoms in total. The second-order valence-electron chi connectivity index (χ2n) is 11.2. The maximum atomic E-state index is 15.8. The van der Waals surface area contributed by atoms with E-state index in [2.05, 4.69) is 15.3 Å². The van der Waals surface area contributed by atoms with E-state index in [0.717, 1.165) is 6.08 Å². The van der Waals surface area contributed by atoms with E-state index in [-0.39, 0.29) is 40.1 Å². The first kappa shape index (κ1) is 32.3. The lowest BCUT2D eigenvalue weighted by molar-refractivity contribution is -0.141. The minimum Gasteiger partial charge on any atom is -0.419 e. The maximum absolute atomic E-state index is 15.8. The summed E-state index contributed by atoms with van der Waals surface area (Å²) in [6.45, 7) is 8.31. The molecule has 4 atom stereocenters. The number of rotatable bonds is 8. The van der Waals surface area contributed by atoms with Crippen LogP contribution in [-0.4, -0.2) is 92.8 Å². The third kappa shape index (κ3) is 6.64. The fourth-order valence-corrected chi connectivity index (χ4v) is 5.62. The molecule has 1 saturated heterocycles. The van der Waals surface area contributed by atoms with Gasteiger partial charge in [-0.15, -0.1) is 11.6 Å². The lowest BCUT2D eigenvalue weighted by Gasteiger charge is -2.41. The Morgan fingerprint density at radius 2 is 1.98 bits per heavy atom. The number of imidazole rings is 1. The summed E-state index contributed by atoms with van der Waals surface area (Å²) in [7, 11) is 1.87. The van der Waals surface area contributed by atoms with Gasteiger partial charge in [-0.05, 0) is 40.0 Å². The van der Waals surface area contributed by atoms with E-state index < -0.39 is 36.3 Å². The molecule has 1 amide bonds. The second kappa shape index (κ2) is 13.1. The van der Waals surface area contributed by atoms with E-state index in [1.54, 1.807) is 43.2 Å². The standard InChI is InChI=1S/C30H35ClFN7O6/c1-15(2)43-29(38-12-11-37(5)21(31)14-38)25(32)36-28(41)18-7-6-8-20-24(18)45-22(40)13-19(30(42)44-20)16(3)27-35-17(4)23-26(33)34-9-10-39(23)27/h6-10,13,15-16,21,25,29H,11-12,14H2,1-5H3,(H2,33,34)(H,36,41)/b19-13+/t16-,21?,25?,29?/m0/s1. The van der Waals surface area contributed by atoms with Crippen LogP contribution in [0.1, 0.15) is 48.6 Å². The first-order valence-electron chi connectivity index (χ1n) is 14.4. The summed E-state index contributed by atoms with van der Waals surface area (Å²) in [4.78, 5) is 52.2. The number of alkyl halides is 2. The number of nitrogens with two attached hydrogens (primary N) is 1. The Morgan fingerprint density at radius 1 is 1.22 bits per heavy atom. The van der Waals surface area contributed by atoms with Gasteiger partial charge in [-0.3, -0.25) is 19.0 Å². The highest BCUT2D eigenvalue weighted by molar-refractivity contribution is 6.20. The molecule has 4 heterocycles. The van der Waals surface area contributed by atoms with Crippen molar-refractivity contribution in [3.05, 3.63) is 59.3 Å². The minimum atomic E-state index is -1.97. The van der Waals surface area contributed by atoms with Crippen LogP contribution < -0.4 is 20.5 Å². The average molecular weight is 644 g/mol. The van der Waals surface area contributed by atoms with Gasteiger partial charge in [-0.2, -0.15) is 0 Å². The molecule has 5 rings (SSSR count). The molecule has 45 heavy (non-hydrogen) atoms. The number of likely N-dealkylation sites (N-methyl/N-ethyl adjacent to an activating group) is 1. The Morgan fingerprint density at radius 3 is 2.69 bits per heavy atom. The van der Waals surface area contributed by atoms with E-state index in [1.165, 1.54) is 24.4 Å². The quantitative estimate of drug-likeness (QED) is 0.161. The molecule has 2 aromatic heterocycles. The Kier molecular flexibility index (Phi) is 9.39. The molecular formula is C30H35ClFN7O6. The Hall–Kier alpha value is -4.11. The van der Waals surface area contributed by atoms with Crippen LogP contribution >= 0.6 is 11.6 Å². The number of anilines is 1. The lowest BCUT2D eigenvalue weighted by atomic mass is 9.99. The summed E-state index contributed by atoms with van der Waals surface area (Å²) in [6.07, 6.45) is 0.691. The number of aromatic nitrogens is 3. The van der Waals surface area contributed by atoms with E-state index in [4.69, 9.17) is 31.5 Å². The number of benzene rings is 1. The number of carbonyl (C=O) groups is 3. The summed E-state index contributed by atoms with van der Waals surface area (Å²) >= 11 is 6.39. The molecule has 0 saturated carbocycles. The first-order chi connectivity index (χ1) is 21.3. The fourth-order valence-electron chi connectivity index (χ4n) is 5.34. The summed E-state index contributed by atoms with van der Waals surface area (Å²) in [5, 5.41) is 2.31. The zero-order valence-corrected chi connectivity index (χ0v) is 26.2. The monoisotopic (exact) mass is 643 g/mol. The molecule has 3 N–H and O–H groups in total.